The Morgan fingerprint density at radius 2 is 1.95 bits per heavy atom. The van der Waals surface area contributed by atoms with Crippen LogP contribution < -0.4 is 5.73 Å². The Bertz CT molecular complexity index is 450. The molecular formula is C16H25ClN2O3. The number of piperidine rings is 1. The number of aliphatic hydroxyl groups excluding tert-OH is 1. The van der Waals surface area contributed by atoms with Crippen molar-refractivity contribution in [2.45, 2.75) is 25.0 Å². The fraction of sp³-hybridized carbons (Fsp3) is 0.562. The first kappa shape index (κ1) is 18.9. The zero-order valence-electron chi connectivity index (χ0n) is 12.9. The van der Waals surface area contributed by atoms with Gasteiger partial charge in [-0.3, -0.25) is 4.79 Å². The minimum atomic E-state index is -0.592. The maximum Gasteiger partial charge on any atom is 0.241 e. The van der Waals surface area contributed by atoms with Crippen LogP contribution in [0.3, 0.4) is 0 Å². The zero-order valence-corrected chi connectivity index (χ0v) is 13.7. The predicted octanol–water partition coefficient (Wildman–Crippen LogP) is 1.35. The third-order valence-electron chi connectivity index (χ3n) is 4.10. The van der Waals surface area contributed by atoms with Crippen LogP contribution >= 0.6 is 12.4 Å². The molecular weight excluding hydrogens is 304 g/mol. The quantitative estimate of drug-likeness (QED) is 0.855. The summed E-state index contributed by atoms with van der Waals surface area (Å²) in [6, 6.07) is 9.09. The van der Waals surface area contributed by atoms with Crippen LogP contribution in [0.25, 0.3) is 0 Å². The van der Waals surface area contributed by atoms with Crippen LogP contribution in [-0.2, 0) is 9.53 Å². The SMILES string of the molecule is COCC(N)C(=O)N1CCC(C(O)c2ccccc2)CC1.Cl. The fourth-order valence-electron chi connectivity index (χ4n) is 2.84. The molecule has 1 aromatic carbocycles. The molecule has 124 valence electrons. The summed E-state index contributed by atoms with van der Waals surface area (Å²) >= 11 is 0. The zero-order chi connectivity index (χ0) is 15.2. The molecule has 0 spiro atoms. The third-order valence-corrected chi connectivity index (χ3v) is 4.10. The smallest absolute Gasteiger partial charge is 0.241 e. The minimum absolute atomic E-state index is 0. The average molecular weight is 329 g/mol. The number of methoxy groups -OCH3 is 1. The van der Waals surface area contributed by atoms with Gasteiger partial charge in [0.25, 0.3) is 0 Å². The van der Waals surface area contributed by atoms with Crippen molar-refractivity contribution in [1.82, 2.24) is 4.90 Å². The van der Waals surface area contributed by atoms with Crippen LogP contribution in [0.2, 0.25) is 0 Å². The Morgan fingerprint density at radius 3 is 2.50 bits per heavy atom. The van der Waals surface area contributed by atoms with E-state index in [9.17, 15) is 9.90 Å². The molecule has 1 aliphatic heterocycles. The van der Waals surface area contributed by atoms with Crippen LogP contribution in [0.1, 0.15) is 24.5 Å². The Balaban J connectivity index is 0.00000242. The van der Waals surface area contributed by atoms with Gasteiger partial charge in [0, 0.05) is 20.2 Å². The van der Waals surface area contributed by atoms with Crippen molar-refractivity contribution >= 4 is 18.3 Å². The van der Waals surface area contributed by atoms with Gasteiger partial charge < -0.3 is 20.5 Å². The molecule has 1 fully saturated rings. The van der Waals surface area contributed by atoms with Crippen molar-refractivity contribution < 1.29 is 14.6 Å². The van der Waals surface area contributed by atoms with Gasteiger partial charge in [0.2, 0.25) is 5.91 Å². The number of aliphatic hydroxyl groups is 1. The van der Waals surface area contributed by atoms with Crippen LogP contribution in [0.15, 0.2) is 30.3 Å². The van der Waals surface area contributed by atoms with Crippen molar-refractivity contribution in [2.75, 3.05) is 26.8 Å². The van der Waals surface area contributed by atoms with E-state index in [2.05, 4.69) is 0 Å². The molecule has 1 heterocycles. The normalized spacial score (nSPS) is 18.4. The highest BCUT2D eigenvalue weighted by Gasteiger charge is 2.30. The lowest BCUT2D eigenvalue weighted by Crippen LogP contribution is -2.49. The molecule has 1 saturated heterocycles. The molecule has 6 heteroatoms. The number of ether oxygens (including phenoxy) is 1. The summed E-state index contributed by atoms with van der Waals surface area (Å²) in [5, 5.41) is 10.4. The van der Waals surface area contributed by atoms with Gasteiger partial charge in [-0.2, -0.15) is 0 Å². The number of carbonyl (C=O) groups excluding carboxylic acids is 1. The van der Waals surface area contributed by atoms with Crippen LogP contribution in [-0.4, -0.2) is 48.8 Å². The maximum absolute atomic E-state index is 12.1. The lowest BCUT2D eigenvalue weighted by Gasteiger charge is -2.35. The Morgan fingerprint density at radius 1 is 1.36 bits per heavy atom. The minimum Gasteiger partial charge on any atom is -0.388 e. The Hall–Kier alpha value is -1.14. The topological polar surface area (TPSA) is 75.8 Å². The highest BCUT2D eigenvalue weighted by Crippen LogP contribution is 2.30. The summed E-state index contributed by atoms with van der Waals surface area (Å²) < 4.78 is 4.92. The molecule has 2 rings (SSSR count). The molecule has 0 radical (unpaired) electrons. The number of likely N-dealkylation sites (tertiary alicyclic amines) is 1. The number of carbonyl (C=O) groups is 1. The monoisotopic (exact) mass is 328 g/mol. The number of benzene rings is 1. The molecule has 1 aliphatic rings. The first-order chi connectivity index (χ1) is 10.1. The van der Waals surface area contributed by atoms with E-state index in [1.807, 2.05) is 30.3 Å². The molecule has 0 bridgehead atoms. The summed E-state index contributed by atoms with van der Waals surface area (Å²) in [6.45, 7) is 1.53. The Kier molecular flexibility index (Phi) is 7.82. The molecule has 0 saturated carbocycles. The van der Waals surface area contributed by atoms with E-state index in [-0.39, 0.29) is 30.8 Å². The van der Waals surface area contributed by atoms with Crippen molar-refractivity contribution in [2.24, 2.45) is 11.7 Å². The van der Waals surface area contributed by atoms with E-state index in [1.54, 1.807) is 4.90 Å². The summed E-state index contributed by atoms with van der Waals surface area (Å²) in [5.41, 5.74) is 6.72. The Labute approximate surface area is 137 Å². The molecule has 5 nitrogen and oxygen atoms in total. The second-order valence-corrected chi connectivity index (χ2v) is 5.58. The molecule has 0 aromatic heterocycles. The van der Waals surface area contributed by atoms with Gasteiger partial charge in [-0.05, 0) is 24.3 Å². The van der Waals surface area contributed by atoms with Gasteiger partial charge in [-0.15, -0.1) is 12.4 Å². The molecule has 1 aromatic rings. The fourth-order valence-corrected chi connectivity index (χ4v) is 2.84. The van der Waals surface area contributed by atoms with Crippen LogP contribution in [0, 0.1) is 5.92 Å². The van der Waals surface area contributed by atoms with E-state index in [4.69, 9.17) is 10.5 Å². The van der Waals surface area contributed by atoms with E-state index >= 15 is 0 Å². The van der Waals surface area contributed by atoms with Gasteiger partial charge in [0.05, 0.1) is 12.7 Å². The number of hydrogen-bond donors (Lipinski definition) is 2. The van der Waals surface area contributed by atoms with Crippen molar-refractivity contribution in [1.29, 1.82) is 0 Å². The number of rotatable bonds is 5. The second-order valence-electron chi connectivity index (χ2n) is 5.58. The average Bonchev–Trinajstić information content (AvgIpc) is 2.54. The van der Waals surface area contributed by atoms with Gasteiger partial charge in [0.15, 0.2) is 0 Å². The summed E-state index contributed by atoms with van der Waals surface area (Å²) in [5.74, 6) is 0.125. The van der Waals surface area contributed by atoms with Gasteiger partial charge in [0.1, 0.15) is 6.04 Å². The number of nitrogens with two attached hydrogens (primary N) is 1. The van der Waals surface area contributed by atoms with Gasteiger partial charge >= 0.3 is 0 Å². The largest absolute Gasteiger partial charge is 0.388 e. The van der Waals surface area contributed by atoms with E-state index in [1.165, 1.54) is 7.11 Å². The molecule has 22 heavy (non-hydrogen) atoms. The van der Waals surface area contributed by atoms with E-state index in [0.717, 1.165) is 18.4 Å². The third kappa shape index (κ3) is 4.68. The van der Waals surface area contributed by atoms with Crippen molar-refractivity contribution in [3.8, 4) is 0 Å². The summed E-state index contributed by atoms with van der Waals surface area (Å²) in [7, 11) is 1.54. The maximum atomic E-state index is 12.1. The number of halogens is 1. The summed E-state index contributed by atoms with van der Waals surface area (Å²) in [6.07, 6.45) is 1.12. The van der Waals surface area contributed by atoms with E-state index in [0.29, 0.717) is 13.1 Å². The molecule has 2 unspecified atom stereocenters. The van der Waals surface area contributed by atoms with Crippen molar-refractivity contribution in [3.05, 3.63) is 35.9 Å². The number of amides is 1. The lowest BCUT2D eigenvalue weighted by molar-refractivity contribution is -0.135. The molecule has 3 N–H and O–H groups in total. The van der Waals surface area contributed by atoms with Gasteiger partial charge in [-0.25, -0.2) is 0 Å². The highest BCUT2D eigenvalue weighted by molar-refractivity contribution is 5.85. The second kappa shape index (κ2) is 9.10. The van der Waals surface area contributed by atoms with Crippen LogP contribution in [0.4, 0.5) is 0 Å². The number of hydrogen-bond acceptors (Lipinski definition) is 4. The standard InChI is InChI=1S/C16H24N2O3.ClH/c1-21-11-14(17)16(20)18-9-7-13(8-10-18)15(19)12-5-3-2-4-6-12;/h2-6,13-15,19H,7-11,17H2,1H3;1H. The summed E-state index contributed by atoms with van der Waals surface area (Å²) in [4.78, 5) is 13.9. The van der Waals surface area contributed by atoms with Gasteiger partial charge in [-0.1, -0.05) is 30.3 Å². The van der Waals surface area contributed by atoms with Crippen LogP contribution in [0.5, 0.6) is 0 Å². The molecule has 1 amide bonds. The molecule has 2 atom stereocenters. The molecule has 0 aliphatic carbocycles. The predicted molar refractivity (Wildman–Crippen MR) is 87.8 cm³/mol. The van der Waals surface area contributed by atoms with E-state index < -0.39 is 12.1 Å². The first-order valence-corrected chi connectivity index (χ1v) is 7.39. The highest BCUT2D eigenvalue weighted by atomic mass is 35.5. The lowest BCUT2D eigenvalue weighted by atomic mass is 9.87. The number of nitrogens with zero attached hydrogens (tertiary/aromatic N) is 1. The first-order valence-electron chi connectivity index (χ1n) is 7.39. The van der Waals surface area contributed by atoms with Crippen molar-refractivity contribution in [3.63, 3.8) is 0 Å².